The molecule has 21 heavy (non-hydrogen) atoms. The number of rotatable bonds is 7. The van der Waals surface area contributed by atoms with Crippen molar-refractivity contribution in [1.29, 1.82) is 0 Å². The third kappa shape index (κ3) is 5.46. The lowest BCUT2D eigenvalue weighted by Gasteiger charge is -2.30. The molecule has 0 aliphatic heterocycles. The number of hydrogen-bond acceptors (Lipinski definition) is 4. The van der Waals surface area contributed by atoms with Gasteiger partial charge in [-0.05, 0) is 43.7 Å². The van der Waals surface area contributed by atoms with Gasteiger partial charge in [0.15, 0.2) is 0 Å². The molecule has 1 unspecified atom stereocenters. The third-order valence-electron chi connectivity index (χ3n) is 3.88. The first-order valence-electron chi connectivity index (χ1n) is 7.68. The predicted molar refractivity (Wildman–Crippen MR) is 85.0 cm³/mol. The van der Waals surface area contributed by atoms with Crippen molar-refractivity contribution in [3.05, 3.63) is 23.4 Å². The molecule has 0 bridgehead atoms. The number of halogens is 1. The van der Waals surface area contributed by atoms with Gasteiger partial charge in [0.05, 0.1) is 0 Å². The first-order valence-corrected chi connectivity index (χ1v) is 8.06. The third-order valence-corrected chi connectivity index (χ3v) is 4.17. The molecule has 118 valence electrons. The predicted octanol–water partition coefficient (Wildman–Crippen LogP) is 3.30. The highest BCUT2D eigenvalue weighted by atomic mass is 35.5. The molecular formula is C16H25ClN2O2. The molecule has 1 atom stereocenters. The zero-order valence-corrected chi connectivity index (χ0v) is 13.6. The Balaban J connectivity index is 1.70. The summed E-state index contributed by atoms with van der Waals surface area (Å²) in [5, 5.41) is 4.21. The Morgan fingerprint density at radius 1 is 1.38 bits per heavy atom. The summed E-state index contributed by atoms with van der Waals surface area (Å²) in [6.45, 7) is 4.02. The molecule has 1 fully saturated rings. The number of aromatic nitrogens is 1. The molecule has 0 amide bonds. The molecule has 0 spiro atoms. The topological polar surface area (TPSA) is 43.4 Å². The highest BCUT2D eigenvalue weighted by Crippen LogP contribution is 2.27. The minimum atomic E-state index is 0.229. The van der Waals surface area contributed by atoms with Crippen LogP contribution in [0.15, 0.2) is 18.3 Å². The van der Waals surface area contributed by atoms with Gasteiger partial charge in [-0.15, -0.1) is 0 Å². The van der Waals surface area contributed by atoms with Gasteiger partial charge in [0.2, 0.25) is 5.88 Å². The summed E-state index contributed by atoms with van der Waals surface area (Å²) in [6, 6.07) is 4.22. The summed E-state index contributed by atoms with van der Waals surface area (Å²) >= 11 is 6.07. The van der Waals surface area contributed by atoms with E-state index < -0.39 is 0 Å². The fraction of sp³-hybridized carbons (Fsp3) is 0.688. The van der Waals surface area contributed by atoms with Crippen molar-refractivity contribution >= 4 is 11.6 Å². The van der Waals surface area contributed by atoms with E-state index in [2.05, 4.69) is 17.2 Å². The van der Waals surface area contributed by atoms with Crippen LogP contribution in [-0.4, -0.2) is 37.4 Å². The largest absolute Gasteiger partial charge is 0.473 e. The van der Waals surface area contributed by atoms with E-state index >= 15 is 0 Å². The van der Waals surface area contributed by atoms with E-state index in [0.29, 0.717) is 22.9 Å². The lowest BCUT2D eigenvalue weighted by atomic mass is 9.92. The first-order chi connectivity index (χ1) is 10.2. The average molecular weight is 313 g/mol. The molecule has 0 aromatic carbocycles. The van der Waals surface area contributed by atoms with Crippen LogP contribution in [0.25, 0.3) is 0 Å². The summed E-state index contributed by atoms with van der Waals surface area (Å²) in [5.41, 5.74) is 0. The molecule has 4 nitrogen and oxygen atoms in total. The van der Waals surface area contributed by atoms with Crippen LogP contribution in [0.5, 0.6) is 5.88 Å². The molecule has 5 heteroatoms. The van der Waals surface area contributed by atoms with Crippen LogP contribution in [0.2, 0.25) is 5.02 Å². The number of methoxy groups -OCH3 is 1. The fourth-order valence-electron chi connectivity index (χ4n) is 2.71. The van der Waals surface area contributed by atoms with E-state index in [-0.39, 0.29) is 6.10 Å². The normalized spacial score (nSPS) is 23.8. The molecule has 1 aromatic rings. The Morgan fingerprint density at radius 2 is 2.14 bits per heavy atom. The van der Waals surface area contributed by atoms with E-state index in [1.165, 1.54) is 0 Å². The molecule has 0 radical (unpaired) electrons. The smallest absolute Gasteiger partial charge is 0.232 e. The molecule has 2 rings (SSSR count). The SMILES string of the molecule is COCC(C)CNC1CCC(Oc2ncccc2Cl)CC1. The van der Waals surface area contributed by atoms with E-state index in [4.69, 9.17) is 21.1 Å². The monoisotopic (exact) mass is 312 g/mol. The summed E-state index contributed by atoms with van der Waals surface area (Å²) < 4.78 is 11.1. The summed E-state index contributed by atoms with van der Waals surface area (Å²) in [5.74, 6) is 1.11. The second-order valence-electron chi connectivity index (χ2n) is 5.85. The summed E-state index contributed by atoms with van der Waals surface area (Å²) in [6.07, 6.45) is 6.30. The van der Waals surface area contributed by atoms with E-state index in [9.17, 15) is 0 Å². The Morgan fingerprint density at radius 3 is 2.81 bits per heavy atom. The fourth-order valence-corrected chi connectivity index (χ4v) is 2.88. The lowest BCUT2D eigenvalue weighted by Crippen LogP contribution is -2.38. The highest BCUT2D eigenvalue weighted by Gasteiger charge is 2.23. The maximum atomic E-state index is 6.07. The van der Waals surface area contributed by atoms with Crippen LogP contribution in [0.1, 0.15) is 32.6 Å². The second-order valence-corrected chi connectivity index (χ2v) is 6.26. The van der Waals surface area contributed by atoms with Crippen molar-refractivity contribution in [2.24, 2.45) is 5.92 Å². The van der Waals surface area contributed by atoms with Crippen molar-refractivity contribution in [3.8, 4) is 5.88 Å². The Labute approximate surface area is 132 Å². The molecule has 1 heterocycles. The average Bonchev–Trinajstić information content (AvgIpc) is 2.49. The highest BCUT2D eigenvalue weighted by molar-refractivity contribution is 6.31. The van der Waals surface area contributed by atoms with Crippen LogP contribution >= 0.6 is 11.6 Å². The van der Waals surface area contributed by atoms with Crippen LogP contribution in [0.4, 0.5) is 0 Å². The van der Waals surface area contributed by atoms with Crippen LogP contribution < -0.4 is 10.1 Å². The van der Waals surface area contributed by atoms with E-state index in [0.717, 1.165) is 38.8 Å². The van der Waals surface area contributed by atoms with Gasteiger partial charge in [-0.1, -0.05) is 18.5 Å². The maximum absolute atomic E-state index is 6.07. The van der Waals surface area contributed by atoms with Crippen molar-refractivity contribution < 1.29 is 9.47 Å². The van der Waals surface area contributed by atoms with Crippen LogP contribution in [0, 0.1) is 5.92 Å². The Kier molecular flexibility index (Phi) is 6.74. The Hall–Kier alpha value is -0.840. The van der Waals surface area contributed by atoms with Crippen molar-refractivity contribution in [2.45, 2.75) is 44.8 Å². The zero-order chi connectivity index (χ0) is 15.1. The van der Waals surface area contributed by atoms with E-state index in [1.807, 2.05) is 12.1 Å². The minimum absolute atomic E-state index is 0.229. The standard InChI is InChI=1S/C16H25ClN2O2/c1-12(11-20-2)10-19-13-5-7-14(8-6-13)21-16-15(17)4-3-9-18-16/h3-4,9,12-14,19H,5-8,10-11H2,1-2H3. The quantitative estimate of drug-likeness (QED) is 0.839. The van der Waals surface area contributed by atoms with Gasteiger partial charge in [-0.25, -0.2) is 4.98 Å². The zero-order valence-electron chi connectivity index (χ0n) is 12.8. The van der Waals surface area contributed by atoms with Crippen molar-refractivity contribution in [2.75, 3.05) is 20.3 Å². The number of nitrogens with one attached hydrogen (secondary N) is 1. The van der Waals surface area contributed by atoms with Gasteiger partial charge >= 0.3 is 0 Å². The number of pyridine rings is 1. The minimum Gasteiger partial charge on any atom is -0.473 e. The Bertz CT molecular complexity index is 422. The number of ether oxygens (including phenoxy) is 2. The molecule has 1 aliphatic carbocycles. The van der Waals surface area contributed by atoms with Crippen molar-refractivity contribution in [3.63, 3.8) is 0 Å². The first kappa shape index (κ1) is 16.5. The van der Waals surface area contributed by atoms with Gasteiger partial charge in [-0.2, -0.15) is 0 Å². The molecule has 1 N–H and O–H groups in total. The van der Waals surface area contributed by atoms with Gasteiger partial charge < -0.3 is 14.8 Å². The van der Waals surface area contributed by atoms with E-state index in [1.54, 1.807) is 13.3 Å². The van der Waals surface area contributed by atoms with Gasteiger partial charge in [-0.3, -0.25) is 0 Å². The van der Waals surface area contributed by atoms with Gasteiger partial charge in [0, 0.05) is 32.5 Å². The summed E-state index contributed by atoms with van der Waals surface area (Å²) in [7, 11) is 1.75. The summed E-state index contributed by atoms with van der Waals surface area (Å²) in [4.78, 5) is 4.19. The van der Waals surface area contributed by atoms with Gasteiger partial charge in [0.1, 0.15) is 11.1 Å². The van der Waals surface area contributed by atoms with Crippen molar-refractivity contribution in [1.82, 2.24) is 10.3 Å². The number of nitrogens with zero attached hydrogens (tertiary/aromatic N) is 1. The molecule has 1 saturated carbocycles. The molecule has 1 aliphatic rings. The molecule has 1 aromatic heterocycles. The van der Waals surface area contributed by atoms with Crippen LogP contribution in [0.3, 0.4) is 0 Å². The lowest BCUT2D eigenvalue weighted by molar-refractivity contribution is 0.127. The van der Waals surface area contributed by atoms with Gasteiger partial charge in [0.25, 0.3) is 0 Å². The maximum Gasteiger partial charge on any atom is 0.232 e. The molecule has 0 saturated heterocycles. The number of hydrogen-bond donors (Lipinski definition) is 1. The second kappa shape index (κ2) is 8.57. The van der Waals surface area contributed by atoms with Crippen LogP contribution in [-0.2, 0) is 4.74 Å². The molecular weight excluding hydrogens is 288 g/mol.